The first-order chi connectivity index (χ1) is 12.5. The van der Waals surface area contributed by atoms with Gasteiger partial charge in [-0.1, -0.05) is 25.1 Å². The molecule has 134 valence electrons. The fraction of sp³-hybridized carbons (Fsp3) is 0.200. The van der Waals surface area contributed by atoms with Gasteiger partial charge < -0.3 is 9.84 Å². The average Bonchev–Trinajstić information content (AvgIpc) is 2.93. The molecule has 0 unspecified atom stereocenters. The normalized spacial score (nSPS) is 15.5. The molecule has 0 aromatic heterocycles. The molecule has 1 heterocycles. The van der Waals surface area contributed by atoms with Crippen LogP contribution in [0.15, 0.2) is 48.0 Å². The highest BCUT2D eigenvalue weighted by Gasteiger charge is 2.34. The molecule has 0 saturated carbocycles. The van der Waals surface area contributed by atoms with Crippen molar-refractivity contribution in [2.75, 3.05) is 11.6 Å². The molecule has 0 spiro atoms. The number of phenols is 1. The molecule has 26 heavy (non-hydrogen) atoms. The number of aromatic hydroxyl groups is 1. The third-order valence-electron chi connectivity index (χ3n) is 4.08. The summed E-state index contributed by atoms with van der Waals surface area (Å²) in [5.41, 5.74) is 4.02. The molecule has 6 nitrogen and oxygen atoms in total. The van der Waals surface area contributed by atoms with Crippen LogP contribution < -0.4 is 15.2 Å². The summed E-state index contributed by atoms with van der Waals surface area (Å²) in [5, 5.41) is 11.6. The Morgan fingerprint density at radius 1 is 1.15 bits per heavy atom. The number of hydrazine groups is 1. The van der Waals surface area contributed by atoms with E-state index >= 15 is 0 Å². The summed E-state index contributed by atoms with van der Waals surface area (Å²) in [5.74, 6) is -0.406. The van der Waals surface area contributed by atoms with Gasteiger partial charge in [-0.25, -0.2) is 5.01 Å². The van der Waals surface area contributed by atoms with Gasteiger partial charge in [0.25, 0.3) is 11.8 Å². The number of hydrogen-bond acceptors (Lipinski definition) is 4. The number of rotatable bonds is 5. The van der Waals surface area contributed by atoms with Crippen molar-refractivity contribution in [1.82, 2.24) is 5.43 Å². The Morgan fingerprint density at radius 2 is 1.88 bits per heavy atom. The van der Waals surface area contributed by atoms with E-state index in [0.29, 0.717) is 29.2 Å². The molecule has 1 aliphatic rings. The summed E-state index contributed by atoms with van der Waals surface area (Å²) in [4.78, 5) is 24.8. The van der Waals surface area contributed by atoms with E-state index in [1.54, 1.807) is 43.3 Å². The van der Waals surface area contributed by atoms with Crippen LogP contribution in [0.2, 0.25) is 0 Å². The van der Waals surface area contributed by atoms with Crippen LogP contribution in [0, 0.1) is 6.92 Å². The number of anilines is 1. The van der Waals surface area contributed by atoms with Crippen molar-refractivity contribution in [3.05, 3.63) is 59.2 Å². The third-order valence-corrected chi connectivity index (χ3v) is 4.08. The molecule has 2 aromatic carbocycles. The van der Waals surface area contributed by atoms with Gasteiger partial charge >= 0.3 is 0 Å². The van der Waals surface area contributed by atoms with Gasteiger partial charge in [0.05, 0.1) is 12.3 Å². The average molecular weight is 352 g/mol. The number of ether oxygens (including phenoxy) is 1. The van der Waals surface area contributed by atoms with Gasteiger partial charge in [0.2, 0.25) is 0 Å². The predicted molar refractivity (Wildman–Crippen MR) is 98.7 cm³/mol. The van der Waals surface area contributed by atoms with E-state index in [1.807, 2.05) is 13.0 Å². The number of carbonyl (C=O) groups is 2. The summed E-state index contributed by atoms with van der Waals surface area (Å²) >= 11 is 0. The minimum absolute atomic E-state index is 0.00939. The zero-order valence-corrected chi connectivity index (χ0v) is 14.7. The lowest BCUT2D eigenvalue weighted by Gasteiger charge is -2.14. The van der Waals surface area contributed by atoms with E-state index in [2.05, 4.69) is 5.43 Å². The molecule has 0 bridgehead atoms. The van der Waals surface area contributed by atoms with Crippen molar-refractivity contribution in [1.29, 1.82) is 0 Å². The first-order valence-corrected chi connectivity index (χ1v) is 8.40. The van der Waals surface area contributed by atoms with Gasteiger partial charge in [-0.3, -0.25) is 15.0 Å². The second-order valence-electron chi connectivity index (χ2n) is 5.95. The smallest absolute Gasteiger partial charge is 0.282 e. The molecule has 2 N–H and O–H groups in total. The second-order valence-corrected chi connectivity index (χ2v) is 5.95. The Morgan fingerprint density at radius 3 is 2.58 bits per heavy atom. The van der Waals surface area contributed by atoms with Crippen LogP contribution in [-0.4, -0.2) is 23.5 Å². The highest BCUT2D eigenvalue weighted by molar-refractivity contribution is 6.31. The number of hydrogen-bond donors (Lipinski definition) is 2. The summed E-state index contributed by atoms with van der Waals surface area (Å²) in [6.07, 6.45) is 2.25. The van der Waals surface area contributed by atoms with Crippen LogP contribution in [0.25, 0.3) is 6.08 Å². The van der Waals surface area contributed by atoms with Crippen molar-refractivity contribution in [2.24, 2.45) is 0 Å². The van der Waals surface area contributed by atoms with E-state index in [4.69, 9.17) is 4.74 Å². The van der Waals surface area contributed by atoms with Crippen molar-refractivity contribution in [3.8, 4) is 11.5 Å². The molecule has 6 heteroatoms. The number of benzene rings is 2. The highest BCUT2D eigenvalue weighted by Crippen LogP contribution is 2.33. The number of phenolic OH excluding ortho intramolecular Hbond substituents is 1. The van der Waals surface area contributed by atoms with Crippen LogP contribution in [0.1, 0.15) is 24.5 Å². The van der Waals surface area contributed by atoms with Crippen molar-refractivity contribution >= 4 is 23.6 Å². The van der Waals surface area contributed by atoms with Crippen molar-refractivity contribution in [2.45, 2.75) is 20.3 Å². The Kier molecular flexibility index (Phi) is 4.93. The van der Waals surface area contributed by atoms with E-state index < -0.39 is 11.8 Å². The molecular weight excluding hydrogens is 332 g/mol. The lowest BCUT2D eigenvalue weighted by Crippen LogP contribution is -2.35. The van der Waals surface area contributed by atoms with Crippen molar-refractivity contribution in [3.63, 3.8) is 0 Å². The Labute approximate surface area is 151 Å². The molecule has 1 saturated heterocycles. The summed E-state index contributed by atoms with van der Waals surface area (Å²) in [7, 11) is 0. The Balaban J connectivity index is 1.91. The molecule has 2 aromatic rings. The lowest BCUT2D eigenvalue weighted by atomic mass is 10.1. The molecule has 0 aliphatic carbocycles. The lowest BCUT2D eigenvalue weighted by molar-refractivity contribution is -0.117. The molecule has 2 amide bonds. The van der Waals surface area contributed by atoms with Crippen LogP contribution in [0.3, 0.4) is 0 Å². The SMILES string of the molecule is CCCOc1ccc(/C=C2/C(=O)NN(c3ccccc3)C2=O)c(O)c1C. The van der Waals surface area contributed by atoms with E-state index in [9.17, 15) is 14.7 Å². The maximum atomic E-state index is 12.6. The fourth-order valence-electron chi connectivity index (χ4n) is 2.66. The number of nitrogens with one attached hydrogen (secondary N) is 1. The molecular formula is C20H20N2O4. The number of para-hydroxylation sites is 1. The molecule has 0 atom stereocenters. The predicted octanol–water partition coefficient (Wildman–Crippen LogP) is 2.95. The minimum atomic E-state index is -0.512. The van der Waals surface area contributed by atoms with Crippen LogP contribution in [0.4, 0.5) is 5.69 Å². The number of nitrogens with zero attached hydrogens (tertiary/aromatic N) is 1. The fourth-order valence-corrected chi connectivity index (χ4v) is 2.66. The van der Waals surface area contributed by atoms with Gasteiger partial charge in [0.15, 0.2) is 0 Å². The van der Waals surface area contributed by atoms with Crippen LogP contribution in [0.5, 0.6) is 11.5 Å². The maximum Gasteiger partial charge on any atom is 0.282 e. The monoisotopic (exact) mass is 352 g/mol. The molecule has 0 radical (unpaired) electrons. The first-order valence-electron chi connectivity index (χ1n) is 8.40. The third kappa shape index (κ3) is 3.26. The van der Waals surface area contributed by atoms with Gasteiger partial charge in [-0.2, -0.15) is 0 Å². The zero-order valence-electron chi connectivity index (χ0n) is 14.7. The maximum absolute atomic E-state index is 12.6. The van der Waals surface area contributed by atoms with Crippen LogP contribution in [-0.2, 0) is 9.59 Å². The highest BCUT2D eigenvalue weighted by atomic mass is 16.5. The topological polar surface area (TPSA) is 78.9 Å². The minimum Gasteiger partial charge on any atom is -0.507 e. The Hall–Kier alpha value is -3.28. The van der Waals surface area contributed by atoms with Gasteiger partial charge in [0, 0.05) is 11.1 Å². The molecule has 3 rings (SSSR count). The largest absolute Gasteiger partial charge is 0.507 e. The molecule has 1 fully saturated rings. The second kappa shape index (κ2) is 7.31. The zero-order chi connectivity index (χ0) is 18.7. The van der Waals surface area contributed by atoms with Gasteiger partial charge in [-0.05, 0) is 43.7 Å². The van der Waals surface area contributed by atoms with E-state index in [1.165, 1.54) is 11.1 Å². The van der Waals surface area contributed by atoms with E-state index in [-0.39, 0.29) is 11.3 Å². The standard InChI is InChI=1S/C20H20N2O4/c1-3-11-26-17-10-9-14(18(23)13(17)2)12-16-19(24)21-22(20(16)25)15-7-5-4-6-8-15/h4-10,12,23H,3,11H2,1-2H3,(H,21,24)/b16-12-. The summed E-state index contributed by atoms with van der Waals surface area (Å²) in [6, 6.07) is 12.2. The van der Waals surface area contributed by atoms with E-state index in [0.717, 1.165) is 6.42 Å². The number of carbonyl (C=O) groups excluding carboxylic acids is 2. The van der Waals surface area contributed by atoms with Gasteiger partial charge in [0.1, 0.15) is 17.1 Å². The van der Waals surface area contributed by atoms with Gasteiger partial charge in [-0.15, -0.1) is 0 Å². The van der Waals surface area contributed by atoms with Crippen molar-refractivity contribution < 1.29 is 19.4 Å². The summed E-state index contributed by atoms with van der Waals surface area (Å²) in [6.45, 7) is 4.28. The summed E-state index contributed by atoms with van der Waals surface area (Å²) < 4.78 is 5.57. The number of amides is 2. The first kappa shape index (κ1) is 17.5. The van der Waals surface area contributed by atoms with Crippen LogP contribution >= 0.6 is 0 Å². The Bertz CT molecular complexity index is 875. The quantitative estimate of drug-likeness (QED) is 0.641. The molecule has 1 aliphatic heterocycles.